The van der Waals surface area contributed by atoms with E-state index >= 15 is 0 Å². The Kier molecular flexibility index (Phi) is 8.12. The Hall–Kier alpha value is -4.49. The quantitative estimate of drug-likeness (QED) is 0.237. The third kappa shape index (κ3) is 6.89. The highest BCUT2D eigenvalue weighted by Gasteiger charge is 2.22. The lowest BCUT2D eigenvalue weighted by atomic mass is 9.87. The normalized spacial score (nSPS) is 11.5. The number of aryl methyl sites for hydroxylation is 1. The van der Waals surface area contributed by atoms with E-state index in [9.17, 15) is 8.42 Å². The summed E-state index contributed by atoms with van der Waals surface area (Å²) in [4.78, 5) is 16.7. The maximum Gasteiger partial charge on any atom is 0.316 e. The molecule has 39 heavy (non-hydrogen) atoms. The maximum absolute atomic E-state index is 13.3. The highest BCUT2D eigenvalue weighted by Crippen LogP contribution is 2.35. The lowest BCUT2D eigenvalue weighted by Gasteiger charge is -2.19. The van der Waals surface area contributed by atoms with Crippen LogP contribution in [0.1, 0.15) is 37.5 Å². The summed E-state index contributed by atoms with van der Waals surface area (Å²) < 4.78 is 40.7. The summed E-state index contributed by atoms with van der Waals surface area (Å²) in [5, 5.41) is 0. The fourth-order valence-electron chi connectivity index (χ4n) is 3.59. The molecule has 0 aliphatic carbocycles. The number of aromatic nitrogens is 4. The van der Waals surface area contributed by atoms with E-state index in [-0.39, 0.29) is 41.2 Å². The summed E-state index contributed by atoms with van der Waals surface area (Å²) in [5.74, 6) is 2.73. The van der Waals surface area contributed by atoms with Crippen molar-refractivity contribution in [2.45, 2.75) is 38.0 Å². The molecule has 2 aromatic heterocycles. The molecular weight excluding hydrogens is 514 g/mol. The molecule has 0 atom stereocenters. The molecule has 4 aromatic rings. The number of hydrogen-bond donors (Lipinski definition) is 1. The Bertz CT molecular complexity index is 1570. The van der Waals surface area contributed by atoms with Gasteiger partial charge in [0.1, 0.15) is 19.5 Å². The number of hydrogen-bond acceptors (Lipinski definition) is 8. The van der Waals surface area contributed by atoms with Crippen LogP contribution in [0.3, 0.4) is 0 Å². The second-order valence-electron chi connectivity index (χ2n) is 9.74. The van der Waals surface area contributed by atoms with Gasteiger partial charge in [-0.2, -0.15) is 0 Å². The van der Waals surface area contributed by atoms with Crippen molar-refractivity contribution in [2.75, 3.05) is 17.9 Å². The van der Waals surface area contributed by atoms with Crippen LogP contribution in [-0.2, 0) is 15.4 Å². The zero-order chi connectivity index (χ0) is 28.0. The van der Waals surface area contributed by atoms with Crippen molar-refractivity contribution in [3.05, 3.63) is 83.9 Å². The smallest absolute Gasteiger partial charge is 0.316 e. The maximum atomic E-state index is 13.3. The third-order valence-corrected chi connectivity index (χ3v) is 7.12. The fourth-order valence-corrected chi connectivity index (χ4v) is 4.62. The van der Waals surface area contributed by atoms with Gasteiger partial charge < -0.3 is 9.47 Å². The van der Waals surface area contributed by atoms with Gasteiger partial charge in [0, 0.05) is 12.4 Å². The SMILES string of the molecule is C#Cc1cnc(OCCOc2ncnc(NS(=O)(=O)c3ccc(C(C)(C)C)cc3)c2-c2ccc(C)cc2)nc1. The van der Waals surface area contributed by atoms with Gasteiger partial charge in [-0.25, -0.2) is 28.4 Å². The van der Waals surface area contributed by atoms with Crippen LogP contribution in [0.25, 0.3) is 11.1 Å². The standard InChI is InChI=1S/C29H29N5O4S/c1-6-21-17-30-28(31-18-21)38-16-15-37-27-25(22-9-7-20(2)8-10-22)26(32-19-33-27)34-39(35,36)24-13-11-23(12-14-24)29(3,4)5/h1,7-14,17-19H,15-16H2,2-5H3,(H,32,33,34). The van der Waals surface area contributed by atoms with Crippen LogP contribution >= 0.6 is 0 Å². The number of terminal acetylenes is 1. The van der Waals surface area contributed by atoms with E-state index in [0.717, 1.165) is 11.1 Å². The lowest BCUT2D eigenvalue weighted by molar-refractivity contribution is 0.202. The predicted molar refractivity (Wildman–Crippen MR) is 149 cm³/mol. The van der Waals surface area contributed by atoms with Crippen LogP contribution in [0, 0.1) is 19.3 Å². The summed E-state index contributed by atoms with van der Waals surface area (Å²) in [6, 6.07) is 14.5. The molecule has 0 spiro atoms. The molecule has 4 rings (SSSR count). The Morgan fingerprint density at radius 1 is 0.897 bits per heavy atom. The van der Waals surface area contributed by atoms with Gasteiger partial charge in [0.2, 0.25) is 5.88 Å². The number of nitrogens with zero attached hydrogens (tertiary/aromatic N) is 4. The van der Waals surface area contributed by atoms with Crippen LogP contribution in [0.2, 0.25) is 0 Å². The topological polar surface area (TPSA) is 116 Å². The van der Waals surface area contributed by atoms with E-state index in [1.807, 2.05) is 43.3 Å². The summed E-state index contributed by atoms with van der Waals surface area (Å²) in [5.41, 5.74) is 3.60. The van der Waals surface area contributed by atoms with Crippen LogP contribution in [-0.4, -0.2) is 41.6 Å². The van der Waals surface area contributed by atoms with Crippen molar-refractivity contribution < 1.29 is 17.9 Å². The van der Waals surface area contributed by atoms with Gasteiger partial charge >= 0.3 is 6.01 Å². The summed E-state index contributed by atoms with van der Waals surface area (Å²) in [6.07, 6.45) is 9.53. The highest BCUT2D eigenvalue weighted by atomic mass is 32.2. The first-order chi connectivity index (χ1) is 18.6. The van der Waals surface area contributed by atoms with Gasteiger partial charge in [-0.3, -0.25) is 4.72 Å². The molecule has 2 aromatic carbocycles. The number of benzene rings is 2. The van der Waals surface area contributed by atoms with E-state index in [1.54, 1.807) is 12.1 Å². The number of rotatable bonds is 9. The van der Waals surface area contributed by atoms with E-state index in [4.69, 9.17) is 15.9 Å². The zero-order valence-electron chi connectivity index (χ0n) is 22.2. The molecule has 0 unspecified atom stereocenters. The largest absolute Gasteiger partial charge is 0.473 e. The molecule has 0 aliphatic heterocycles. The van der Waals surface area contributed by atoms with Crippen molar-refractivity contribution in [3.8, 4) is 35.4 Å². The van der Waals surface area contributed by atoms with Crippen molar-refractivity contribution in [3.63, 3.8) is 0 Å². The van der Waals surface area contributed by atoms with Crippen LogP contribution in [0.15, 0.2) is 72.1 Å². The van der Waals surface area contributed by atoms with Gasteiger partial charge in [0.25, 0.3) is 10.0 Å². The lowest BCUT2D eigenvalue weighted by Crippen LogP contribution is -2.17. The van der Waals surface area contributed by atoms with Gasteiger partial charge in [-0.1, -0.05) is 68.7 Å². The molecular formula is C29H29N5O4S. The summed E-state index contributed by atoms with van der Waals surface area (Å²) in [7, 11) is -3.95. The van der Waals surface area contributed by atoms with Crippen LogP contribution in [0.5, 0.6) is 11.9 Å². The molecule has 0 radical (unpaired) electrons. The van der Waals surface area contributed by atoms with Gasteiger partial charge in [0.05, 0.1) is 16.0 Å². The molecule has 0 fully saturated rings. The van der Waals surface area contributed by atoms with E-state index in [0.29, 0.717) is 16.7 Å². The van der Waals surface area contributed by atoms with Crippen molar-refractivity contribution in [1.82, 2.24) is 19.9 Å². The molecule has 0 bridgehead atoms. The molecule has 0 saturated carbocycles. The van der Waals surface area contributed by atoms with E-state index in [2.05, 4.69) is 51.3 Å². The Morgan fingerprint density at radius 2 is 1.54 bits per heavy atom. The first kappa shape index (κ1) is 27.5. The first-order valence-corrected chi connectivity index (χ1v) is 13.6. The molecule has 200 valence electrons. The molecule has 10 heteroatoms. The molecule has 9 nitrogen and oxygen atoms in total. The molecule has 0 amide bonds. The Labute approximate surface area is 228 Å². The molecule has 1 N–H and O–H groups in total. The van der Waals surface area contributed by atoms with Gasteiger partial charge in [0.15, 0.2) is 5.82 Å². The van der Waals surface area contributed by atoms with Crippen molar-refractivity contribution >= 4 is 15.8 Å². The first-order valence-electron chi connectivity index (χ1n) is 12.2. The molecule has 0 aliphatic rings. The minimum atomic E-state index is -3.95. The number of sulfonamides is 1. The van der Waals surface area contributed by atoms with E-state index in [1.165, 1.54) is 18.7 Å². The zero-order valence-corrected chi connectivity index (χ0v) is 23.0. The average molecular weight is 544 g/mol. The van der Waals surface area contributed by atoms with E-state index < -0.39 is 10.0 Å². The average Bonchev–Trinajstić information content (AvgIpc) is 2.91. The minimum Gasteiger partial charge on any atom is -0.473 e. The van der Waals surface area contributed by atoms with Crippen molar-refractivity contribution in [1.29, 1.82) is 0 Å². The predicted octanol–water partition coefficient (Wildman–Crippen LogP) is 4.78. The fraction of sp³-hybridized carbons (Fsp3) is 0.241. The number of nitrogens with one attached hydrogen (secondary N) is 1. The second kappa shape index (κ2) is 11.5. The Morgan fingerprint density at radius 3 is 2.15 bits per heavy atom. The second-order valence-corrected chi connectivity index (χ2v) is 11.4. The van der Waals surface area contributed by atoms with Crippen LogP contribution < -0.4 is 14.2 Å². The summed E-state index contributed by atoms with van der Waals surface area (Å²) in [6.45, 7) is 8.38. The van der Waals surface area contributed by atoms with Gasteiger partial charge in [-0.15, -0.1) is 6.42 Å². The molecule has 2 heterocycles. The summed E-state index contributed by atoms with van der Waals surface area (Å²) >= 11 is 0. The minimum absolute atomic E-state index is 0.0938. The monoisotopic (exact) mass is 543 g/mol. The van der Waals surface area contributed by atoms with Crippen molar-refractivity contribution in [2.24, 2.45) is 0 Å². The highest BCUT2D eigenvalue weighted by molar-refractivity contribution is 7.92. The van der Waals surface area contributed by atoms with Crippen LogP contribution in [0.4, 0.5) is 5.82 Å². The number of ether oxygens (including phenoxy) is 2. The Balaban J connectivity index is 1.58. The molecule has 0 saturated heterocycles. The number of anilines is 1. The third-order valence-electron chi connectivity index (χ3n) is 5.76. The van der Waals surface area contributed by atoms with Gasteiger partial charge in [-0.05, 0) is 35.6 Å².